The molecule has 2 rings (SSSR count). The Labute approximate surface area is 101 Å². The van der Waals surface area contributed by atoms with Gasteiger partial charge in [0.15, 0.2) is 11.3 Å². The molecule has 1 aromatic heterocycles. The number of methoxy groups -OCH3 is 1. The Hall–Kier alpha value is -2.11. The van der Waals surface area contributed by atoms with Gasteiger partial charge in [-0.15, -0.1) is 0 Å². The minimum absolute atomic E-state index is 0.107. The fraction of sp³-hybridized carbons (Fsp3) is 0.250. The number of alkyl halides is 2. The molecule has 0 fully saturated rings. The minimum atomic E-state index is -2.96. The van der Waals surface area contributed by atoms with Crippen molar-refractivity contribution in [3.8, 4) is 5.75 Å². The zero-order chi connectivity index (χ0) is 13.3. The monoisotopic (exact) mass is 256 g/mol. The fourth-order valence-electron chi connectivity index (χ4n) is 1.70. The molecule has 0 aliphatic rings. The number of carbonyl (C=O) groups excluding carboxylic acids is 1. The Kier molecular flexibility index (Phi) is 3.18. The van der Waals surface area contributed by atoms with Crippen molar-refractivity contribution < 1.29 is 27.5 Å². The molecule has 0 radical (unpaired) electrons. The number of ether oxygens (including phenoxy) is 2. The van der Waals surface area contributed by atoms with Gasteiger partial charge in [-0.1, -0.05) is 0 Å². The third-order valence-corrected chi connectivity index (χ3v) is 2.39. The summed E-state index contributed by atoms with van der Waals surface area (Å²) in [6.45, 7) is -1.31. The third-order valence-electron chi connectivity index (χ3n) is 2.39. The predicted octanol–water partition coefficient (Wildman–Crippen LogP) is 3.13. The van der Waals surface area contributed by atoms with Crippen LogP contribution in [0.2, 0.25) is 0 Å². The third kappa shape index (κ3) is 2.13. The van der Waals surface area contributed by atoms with Crippen LogP contribution < -0.4 is 4.74 Å². The zero-order valence-electron chi connectivity index (χ0n) is 9.70. The number of aryl methyl sites for hydroxylation is 1. The molecule has 0 bridgehead atoms. The lowest BCUT2D eigenvalue weighted by Gasteiger charge is -2.06. The van der Waals surface area contributed by atoms with Gasteiger partial charge in [0.2, 0.25) is 0 Å². The first-order valence-corrected chi connectivity index (χ1v) is 5.09. The molecule has 0 spiro atoms. The number of halogens is 2. The Morgan fingerprint density at radius 1 is 1.39 bits per heavy atom. The number of rotatable bonds is 3. The summed E-state index contributed by atoms with van der Waals surface area (Å²) in [6.07, 6.45) is 0. The summed E-state index contributed by atoms with van der Waals surface area (Å²) in [7, 11) is 1.24. The number of carbonyl (C=O) groups is 1. The highest BCUT2D eigenvalue weighted by molar-refractivity contribution is 6.04. The Balaban J connectivity index is 2.61. The summed E-state index contributed by atoms with van der Waals surface area (Å²) in [5, 5.41) is 0.387. The van der Waals surface area contributed by atoms with Crippen LogP contribution in [-0.4, -0.2) is 19.7 Å². The first kappa shape index (κ1) is 12.3. The number of hydrogen-bond acceptors (Lipinski definition) is 4. The molecule has 0 saturated carbocycles. The summed E-state index contributed by atoms with van der Waals surface area (Å²) < 4.78 is 38.7. The van der Waals surface area contributed by atoms with Crippen molar-refractivity contribution in [3.05, 3.63) is 29.5 Å². The number of furan rings is 1. The van der Waals surface area contributed by atoms with Gasteiger partial charge in [0.05, 0.1) is 12.7 Å². The van der Waals surface area contributed by atoms with E-state index in [1.807, 2.05) is 0 Å². The van der Waals surface area contributed by atoms with E-state index in [1.165, 1.54) is 19.2 Å². The molecule has 6 heteroatoms. The van der Waals surface area contributed by atoms with Gasteiger partial charge in [0.1, 0.15) is 5.76 Å². The molecule has 0 unspecified atom stereocenters. The molecule has 0 N–H and O–H groups in total. The molecule has 0 saturated heterocycles. The smallest absolute Gasteiger partial charge is 0.387 e. The van der Waals surface area contributed by atoms with E-state index >= 15 is 0 Å². The van der Waals surface area contributed by atoms with Crippen molar-refractivity contribution in [3.63, 3.8) is 0 Å². The molecular weight excluding hydrogens is 246 g/mol. The van der Waals surface area contributed by atoms with E-state index in [0.717, 1.165) is 0 Å². The van der Waals surface area contributed by atoms with Crippen LogP contribution in [0, 0.1) is 6.92 Å². The van der Waals surface area contributed by atoms with Crippen molar-refractivity contribution in [1.82, 2.24) is 0 Å². The van der Waals surface area contributed by atoms with Crippen molar-refractivity contribution in [2.24, 2.45) is 0 Å². The van der Waals surface area contributed by atoms with E-state index in [0.29, 0.717) is 11.1 Å². The first-order chi connectivity index (χ1) is 8.52. The van der Waals surface area contributed by atoms with Crippen molar-refractivity contribution in [1.29, 1.82) is 0 Å². The van der Waals surface area contributed by atoms with Crippen LogP contribution in [0.4, 0.5) is 8.78 Å². The van der Waals surface area contributed by atoms with Gasteiger partial charge in [0.25, 0.3) is 0 Å². The molecule has 96 valence electrons. The van der Waals surface area contributed by atoms with E-state index in [1.54, 1.807) is 13.0 Å². The topological polar surface area (TPSA) is 48.7 Å². The van der Waals surface area contributed by atoms with Gasteiger partial charge in [-0.25, -0.2) is 4.79 Å². The molecule has 18 heavy (non-hydrogen) atoms. The van der Waals surface area contributed by atoms with E-state index in [4.69, 9.17) is 4.42 Å². The van der Waals surface area contributed by atoms with Crippen molar-refractivity contribution >= 4 is 16.9 Å². The summed E-state index contributed by atoms with van der Waals surface area (Å²) in [5.74, 6) is -0.189. The number of fused-ring (bicyclic) bond motifs is 1. The molecule has 0 aliphatic carbocycles. The normalized spacial score (nSPS) is 10.9. The zero-order valence-corrected chi connectivity index (χ0v) is 9.70. The lowest BCUT2D eigenvalue weighted by atomic mass is 10.1. The summed E-state index contributed by atoms with van der Waals surface area (Å²) in [5.41, 5.74) is 0.349. The maximum absolute atomic E-state index is 12.2. The number of hydrogen-bond donors (Lipinski definition) is 0. The van der Waals surface area contributed by atoms with Gasteiger partial charge < -0.3 is 13.9 Å². The molecule has 1 heterocycles. The lowest BCUT2D eigenvalue weighted by Crippen LogP contribution is -2.04. The second kappa shape index (κ2) is 4.64. The summed E-state index contributed by atoms with van der Waals surface area (Å²) in [4.78, 5) is 11.5. The quantitative estimate of drug-likeness (QED) is 0.791. The van der Waals surface area contributed by atoms with Crippen LogP contribution in [0.25, 0.3) is 11.0 Å². The van der Waals surface area contributed by atoms with Gasteiger partial charge in [0, 0.05) is 5.39 Å². The number of benzene rings is 1. The van der Waals surface area contributed by atoms with E-state index in [2.05, 4.69) is 9.47 Å². The van der Waals surface area contributed by atoms with Crippen LogP contribution >= 0.6 is 0 Å². The van der Waals surface area contributed by atoms with Gasteiger partial charge >= 0.3 is 12.6 Å². The standard InChI is InChI=1S/C12H10F2O4/c1-6-5-8-7(11(15)16-2)3-4-9(10(8)17-6)18-12(13)14/h3-5,12H,1-2H3. The fourth-order valence-corrected chi connectivity index (χ4v) is 1.70. The molecule has 1 aromatic carbocycles. The number of esters is 1. The van der Waals surface area contributed by atoms with E-state index in [9.17, 15) is 13.6 Å². The van der Waals surface area contributed by atoms with Crippen molar-refractivity contribution in [2.45, 2.75) is 13.5 Å². The average molecular weight is 256 g/mol. The highest BCUT2D eigenvalue weighted by Gasteiger charge is 2.18. The Morgan fingerprint density at radius 3 is 2.72 bits per heavy atom. The molecule has 0 atom stereocenters. The predicted molar refractivity (Wildman–Crippen MR) is 58.9 cm³/mol. The average Bonchev–Trinajstić information content (AvgIpc) is 2.69. The largest absolute Gasteiger partial charge is 0.465 e. The van der Waals surface area contributed by atoms with E-state index in [-0.39, 0.29) is 16.9 Å². The Bertz CT molecular complexity index is 589. The Morgan fingerprint density at radius 2 is 2.11 bits per heavy atom. The molecular formula is C12H10F2O4. The van der Waals surface area contributed by atoms with Gasteiger partial charge in [-0.2, -0.15) is 8.78 Å². The van der Waals surface area contributed by atoms with Gasteiger partial charge in [-0.05, 0) is 25.1 Å². The lowest BCUT2D eigenvalue weighted by molar-refractivity contribution is -0.0494. The first-order valence-electron chi connectivity index (χ1n) is 5.09. The maximum atomic E-state index is 12.2. The molecule has 2 aromatic rings. The van der Waals surface area contributed by atoms with Crippen molar-refractivity contribution in [2.75, 3.05) is 7.11 Å². The summed E-state index contributed by atoms with van der Waals surface area (Å²) in [6, 6.07) is 4.18. The molecule has 0 amide bonds. The second-order valence-electron chi connectivity index (χ2n) is 3.58. The van der Waals surface area contributed by atoms with Crippen LogP contribution in [0.5, 0.6) is 5.75 Å². The minimum Gasteiger partial charge on any atom is -0.465 e. The highest BCUT2D eigenvalue weighted by atomic mass is 19.3. The van der Waals surface area contributed by atoms with Crippen LogP contribution in [-0.2, 0) is 4.74 Å². The van der Waals surface area contributed by atoms with Gasteiger partial charge in [-0.3, -0.25) is 0 Å². The van der Waals surface area contributed by atoms with Crippen LogP contribution in [0.3, 0.4) is 0 Å². The highest BCUT2D eigenvalue weighted by Crippen LogP contribution is 2.32. The molecule has 4 nitrogen and oxygen atoms in total. The second-order valence-corrected chi connectivity index (χ2v) is 3.58. The molecule has 0 aliphatic heterocycles. The van der Waals surface area contributed by atoms with Crippen LogP contribution in [0.15, 0.2) is 22.6 Å². The van der Waals surface area contributed by atoms with E-state index < -0.39 is 12.6 Å². The summed E-state index contributed by atoms with van der Waals surface area (Å²) >= 11 is 0. The van der Waals surface area contributed by atoms with Crippen LogP contribution in [0.1, 0.15) is 16.1 Å². The SMILES string of the molecule is COC(=O)c1ccc(OC(F)F)c2oc(C)cc12. The maximum Gasteiger partial charge on any atom is 0.387 e.